The molecular formula is C20H29ClN2O3. The van der Waals surface area contributed by atoms with Crippen molar-refractivity contribution in [1.82, 2.24) is 4.90 Å². The van der Waals surface area contributed by atoms with Gasteiger partial charge < -0.3 is 15.0 Å². The van der Waals surface area contributed by atoms with E-state index in [1.165, 1.54) is 0 Å². The molecule has 2 amide bonds. The van der Waals surface area contributed by atoms with Gasteiger partial charge in [-0.25, -0.2) is 0 Å². The number of carbonyl (C=O) groups excluding carboxylic acids is 2. The molecule has 0 heterocycles. The summed E-state index contributed by atoms with van der Waals surface area (Å²) in [6, 6.07) is 3.54. The molecule has 6 heteroatoms. The molecule has 0 atom stereocenters. The first-order valence-corrected chi connectivity index (χ1v) is 9.72. The van der Waals surface area contributed by atoms with E-state index in [0.29, 0.717) is 16.5 Å². The summed E-state index contributed by atoms with van der Waals surface area (Å²) in [5.41, 5.74) is 1.53. The Bertz CT molecular complexity index is 651. The summed E-state index contributed by atoms with van der Waals surface area (Å²) in [6.07, 6.45) is 3.01. The monoisotopic (exact) mass is 380 g/mol. The molecule has 0 unspecified atom stereocenters. The Morgan fingerprint density at radius 2 is 1.73 bits per heavy atom. The van der Waals surface area contributed by atoms with Crippen LogP contribution in [0.5, 0.6) is 5.75 Å². The maximum atomic E-state index is 12.7. The van der Waals surface area contributed by atoms with Gasteiger partial charge in [0.1, 0.15) is 5.75 Å². The summed E-state index contributed by atoms with van der Waals surface area (Å²) in [4.78, 5) is 27.0. The van der Waals surface area contributed by atoms with Crippen molar-refractivity contribution in [2.24, 2.45) is 11.8 Å². The fraction of sp³-hybridized carbons (Fsp3) is 0.600. The van der Waals surface area contributed by atoms with E-state index >= 15 is 0 Å². The largest absolute Gasteiger partial charge is 0.495 e. The van der Waals surface area contributed by atoms with Crippen LogP contribution in [0.2, 0.25) is 5.02 Å². The molecule has 1 aliphatic rings. The fourth-order valence-corrected chi connectivity index (χ4v) is 3.71. The highest BCUT2D eigenvalue weighted by atomic mass is 35.5. The molecule has 0 spiro atoms. The molecule has 1 fully saturated rings. The highest BCUT2D eigenvalue weighted by molar-refractivity contribution is 6.31. The predicted molar refractivity (Wildman–Crippen MR) is 105 cm³/mol. The summed E-state index contributed by atoms with van der Waals surface area (Å²) in [5.74, 6) is 0.740. The summed E-state index contributed by atoms with van der Waals surface area (Å²) in [7, 11) is 1.56. The third-order valence-electron chi connectivity index (χ3n) is 5.26. The average Bonchev–Trinajstić information content (AvgIpc) is 2.65. The number of rotatable bonds is 6. The maximum absolute atomic E-state index is 12.7. The van der Waals surface area contributed by atoms with E-state index in [1.54, 1.807) is 13.2 Å². The maximum Gasteiger partial charge on any atom is 0.227 e. The summed E-state index contributed by atoms with van der Waals surface area (Å²) < 4.78 is 5.32. The number of nitrogens with one attached hydrogen (secondary N) is 1. The van der Waals surface area contributed by atoms with Crippen LogP contribution in [0.1, 0.15) is 45.1 Å². The summed E-state index contributed by atoms with van der Waals surface area (Å²) in [5, 5.41) is 3.58. The SMILES string of the molecule is CCN(CC)C(=O)C1CCC(C(=O)Nc2cc(C)c(Cl)cc2OC)CC1. The molecule has 0 saturated heterocycles. The van der Waals surface area contributed by atoms with Gasteiger partial charge in [-0.2, -0.15) is 0 Å². The van der Waals surface area contributed by atoms with E-state index in [2.05, 4.69) is 5.32 Å². The fourth-order valence-electron chi connectivity index (χ4n) is 3.56. The van der Waals surface area contributed by atoms with Crippen LogP contribution in [0, 0.1) is 18.8 Å². The lowest BCUT2D eigenvalue weighted by molar-refractivity contribution is -0.137. The van der Waals surface area contributed by atoms with E-state index in [9.17, 15) is 9.59 Å². The second-order valence-electron chi connectivity index (χ2n) is 6.85. The molecule has 5 nitrogen and oxygen atoms in total. The molecule has 0 aliphatic heterocycles. The zero-order chi connectivity index (χ0) is 19.3. The Kier molecular flexibility index (Phi) is 7.33. The first-order chi connectivity index (χ1) is 12.4. The Morgan fingerprint density at radius 1 is 1.15 bits per heavy atom. The van der Waals surface area contributed by atoms with Crippen molar-refractivity contribution in [3.05, 3.63) is 22.7 Å². The van der Waals surface area contributed by atoms with E-state index in [-0.39, 0.29) is 23.7 Å². The minimum absolute atomic E-state index is 0.0150. The van der Waals surface area contributed by atoms with Gasteiger partial charge in [0.15, 0.2) is 0 Å². The van der Waals surface area contributed by atoms with Crippen LogP contribution in [0.3, 0.4) is 0 Å². The first-order valence-electron chi connectivity index (χ1n) is 9.34. The van der Waals surface area contributed by atoms with Gasteiger partial charge in [-0.3, -0.25) is 9.59 Å². The van der Waals surface area contributed by atoms with Crippen LogP contribution in [-0.2, 0) is 9.59 Å². The minimum Gasteiger partial charge on any atom is -0.495 e. The average molecular weight is 381 g/mol. The highest BCUT2D eigenvalue weighted by Crippen LogP contribution is 2.34. The number of methoxy groups -OCH3 is 1. The number of halogens is 1. The normalized spacial score (nSPS) is 19.7. The number of carbonyl (C=O) groups is 2. The number of hydrogen-bond acceptors (Lipinski definition) is 3. The van der Waals surface area contributed by atoms with Crippen molar-refractivity contribution in [1.29, 1.82) is 0 Å². The standard InChI is InChI=1S/C20H29ClN2O3/c1-5-23(6-2)20(25)15-9-7-14(8-10-15)19(24)22-17-11-13(3)16(21)12-18(17)26-4/h11-12,14-15H,5-10H2,1-4H3,(H,22,24). The molecule has 0 bridgehead atoms. The van der Waals surface area contributed by atoms with Gasteiger partial charge in [-0.05, 0) is 58.1 Å². The van der Waals surface area contributed by atoms with Crippen LogP contribution < -0.4 is 10.1 Å². The number of nitrogens with zero attached hydrogens (tertiary/aromatic N) is 1. The highest BCUT2D eigenvalue weighted by Gasteiger charge is 2.31. The van der Waals surface area contributed by atoms with Crippen molar-refractivity contribution < 1.29 is 14.3 Å². The second-order valence-corrected chi connectivity index (χ2v) is 7.26. The van der Waals surface area contributed by atoms with Crippen LogP contribution in [-0.4, -0.2) is 36.9 Å². The number of benzene rings is 1. The molecule has 26 heavy (non-hydrogen) atoms. The molecule has 0 radical (unpaired) electrons. The van der Waals surface area contributed by atoms with E-state index in [1.807, 2.05) is 31.7 Å². The lowest BCUT2D eigenvalue weighted by Crippen LogP contribution is -2.38. The molecule has 1 aromatic carbocycles. The molecule has 1 aromatic rings. The number of ether oxygens (including phenoxy) is 1. The van der Waals surface area contributed by atoms with Crippen molar-refractivity contribution in [2.75, 3.05) is 25.5 Å². The molecule has 1 N–H and O–H groups in total. The molecule has 144 valence electrons. The van der Waals surface area contributed by atoms with Gasteiger partial charge in [0.25, 0.3) is 0 Å². The molecule has 1 saturated carbocycles. The Balaban J connectivity index is 1.97. The van der Waals surface area contributed by atoms with Gasteiger partial charge >= 0.3 is 0 Å². The molecule has 0 aromatic heterocycles. The molecule has 2 rings (SSSR count). The summed E-state index contributed by atoms with van der Waals surface area (Å²) >= 11 is 6.12. The van der Waals surface area contributed by atoms with Crippen molar-refractivity contribution >= 4 is 29.1 Å². The van der Waals surface area contributed by atoms with Gasteiger partial charge in [0, 0.05) is 36.0 Å². The van der Waals surface area contributed by atoms with Crippen molar-refractivity contribution in [2.45, 2.75) is 46.5 Å². The number of anilines is 1. The Morgan fingerprint density at radius 3 is 2.27 bits per heavy atom. The smallest absolute Gasteiger partial charge is 0.227 e. The Hall–Kier alpha value is -1.75. The molecule has 1 aliphatic carbocycles. The van der Waals surface area contributed by atoms with Crippen LogP contribution >= 0.6 is 11.6 Å². The number of amides is 2. The van der Waals surface area contributed by atoms with E-state index < -0.39 is 0 Å². The van der Waals surface area contributed by atoms with Crippen molar-refractivity contribution in [3.8, 4) is 5.75 Å². The number of hydrogen-bond donors (Lipinski definition) is 1. The van der Waals surface area contributed by atoms with Crippen LogP contribution in [0.25, 0.3) is 0 Å². The minimum atomic E-state index is -0.0727. The molecular weight excluding hydrogens is 352 g/mol. The first kappa shape index (κ1) is 20.6. The lowest BCUT2D eigenvalue weighted by Gasteiger charge is -2.30. The van der Waals surface area contributed by atoms with E-state index in [0.717, 1.165) is 44.3 Å². The number of aryl methyl sites for hydroxylation is 1. The quantitative estimate of drug-likeness (QED) is 0.801. The lowest BCUT2D eigenvalue weighted by atomic mass is 9.81. The van der Waals surface area contributed by atoms with Crippen molar-refractivity contribution in [3.63, 3.8) is 0 Å². The van der Waals surface area contributed by atoms with Crippen LogP contribution in [0.4, 0.5) is 5.69 Å². The topological polar surface area (TPSA) is 58.6 Å². The van der Waals surface area contributed by atoms with Crippen LogP contribution in [0.15, 0.2) is 12.1 Å². The van der Waals surface area contributed by atoms with Gasteiger partial charge in [0.05, 0.1) is 12.8 Å². The van der Waals surface area contributed by atoms with E-state index in [4.69, 9.17) is 16.3 Å². The zero-order valence-electron chi connectivity index (χ0n) is 16.1. The predicted octanol–water partition coefficient (Wildman–Crippen LogP) is 4.27. The summed E-state index contributed by atoms with van der Waals surface area (Å²) in [6.45, 7) is 7.38. The van der Waals surface area contributed by atoms with Gasteiger partial charge in [0.2, 0.25) is 11.8 Å². The third-order valence-corrected chi connectivity index (χ3v) is 5.67. The Labute approximate surface area is 161 Å². The second kappa shape index (κ2) is 9.26. The van der Waals surface area contributed by atoms with Gasteiger partial charge in [-0.15, -0.1) is 0 Å². The third kappa shape index (κ3) is 4.70. The zero-order valence-corrected chi connectivity index (χ0v) is 16.9. The van der Waals surface area contributed by atoms with Gasteiger partial charge in [-0.1, -0.05) is 11.6 Å².